The zero-order valence-corrected chi connectivity index (χ0v) is 19.9. The summed E-state index contributed by atoms with van der Waals surface area (Å²) in [6.45, 7) is 0.272. The van der Waals surface area contributed by atoms with E-state index in [2.05, 4.69) is 0 Å². The van der Waals surface area contributed by atoms with E-state index in [1.54, 1.807) is 44.6 Å². The Hall–Kier alpha value is -4.26. The van der Waals surface area contributed by atoms with Gasteiger partial charge in [0, 0.05) is 12.1 Å². The summed E-state index contributed by atoms with van der Waals surface area (Å²) in [6.07, 6.45) is 0.482. The molecule has 7 nitrogen and oxygen atoms in total. The number of benzene rings is 3. The second-order valence-corrected chi connectivity index (χ2v) is 8.07. The van der Waals surface area contributed by atoms with Crippen LogP contribution in [-0.4, -0.2) is 49.6 Å². The maximum atomic E-state index is 13.2. The van der Waals surface area contributed by atoms with Crippen molar-refractivity contribution in [3.63, 3.8) is 0 Å². The van der Waals surface area contributed by atoms with Gasteiger partial charge >= 0.3 is 0 Å². The molecule has 7 heteroatoms. The van der Waals surface area contributed by atoms with E-state index in [1.807, 2.05) is 42.5 Å². The predicted octanol–water partition coefficient (Wildman–Crippen LogP) is 4.38. The van der Waals surface area contributed by atoms with Crippen LogP contribution in [0.4, 0.5) is 0 Å². The highest BCUT2D eigenvalue weighted by Gasteiger charge is 2.45. The Bertz CT molecular complexity index is 1270. The van der Waals surface area contributed by atoms with Gasteiger partial charge in [-0.25, -0.2) is 0 Å². The van der Waals surface area contributed by atoms with Crippen molar-refractivity contribution in [1.82, 2.24) is 4.90 Å². The minimum Gasteiger partial charge on any atom is -0.507 e. The first-order valence-corrected chi connectivity index (χ1v) is 11.2. The number of hydrogen-bond acceptors (Lipinski definition) is 6. The van der Waals surface area contributed by atoms with Gasteiger partial charge in [-0.3, -0.25) is 9.59 Å². The second kappa shape index (κ2) is 10.3. The Morgan fingerprint density at radius 3 is 2.29 bits per heavy atom. The highest BCUT2D eigenvalue weighted by Crippen LogP contribution is 2.40. The summed E-state index contributed by atoms with van der Waals surface area (Å²) >= 11 is 0. The Morgan fingerprint density at radius 1 is 0.857 bits per heavy atom. The van der Waals surface area contributed by atoms with Crippen LogP contribution in [0.2, 0.25) is 0 Å². The smallest absolute Gasteiger partial charge is 0.295 e. The van der Waals surface area contributed by atoms with E-state index in [0.29, 0.717) is 29.2 Å². The van der Waals surface area contributed by atoms with E-state index in [9.17, 15) is 14.7 Å². The monoisotopic (exact) mass is 473 g/mol. The zero-order valence-electron chi connectivity index (χ0n) is 19.9. The Labute approximate surface area is 204 Å². The number of nitrogens with zero attached hydrogens (tertiary/aromatic N) is 1. The van der Waals surface area contributed by atoms with Gasteiger partial charge in [-0.05, 0) is 41.8 Å². The lowest BCUT2D eigenvalue weighted by molar-refractivity contribution is -0.139. The number of aliphatic hydroxyl groups excluding tert-OH is 1. The van der Waals surface area contributed by atoms with E-state index >= 15 is 0 Å². The summed E-state index contributed by atoms with van der Waals surface area (Å²) in [6, 6.07) is 20.8. The molecule has 3 aromatic rings. The number of hydrogen-bond donors (Lipinski definition) is 1. The fraction of sp³-hybridized carbons (Fsp3) is 0.214. The van der Waals surface area contributed by atoms with Gasteiger partial charge in [0.1, 0.15) is 11.5 Å². The molecule has 1 fully saturated rings. The fourth-order valence-corrected chi connectivity index (χ4v) is 4.30. The quantitative estimate of drug-likeness (QED) is 0.297. The number of ether oxygens (including phenoxy) is 3. The highest BCUT2D eigenvalue weighted by molar-refractivity contribution is 6.46. The third kappa shape index (κ3) is 4.71. The second-order valence-electron chi connectivity index (χ2n) is 8.07. The number of aliphatic hydroxyl groups is 1. The summed E-state index contributed by atoms with van der Waals surface area (Å²) in [5.41, 5.74) is 2.12. The van der Waals surface area contributed by atoms with Crippen molar-refractivity contribution in [3.8, 4) is 17.2 Å². The highest BCUT2D eigenvalue weighted by atomic mass is 16.5. The molecule has 1 aliphatic heterocycles. The summed E-state index contributed by atoms with van der Waals surface area (Å²) < 4.78 is 15.9. The fourth-order valence-electron chi connectivity index (χ4n) is 4.30. The summed E-state index contributed by atoms with van der Waals surface area (Å²) in [5.74, 6) is 0.136. The third-order valence-corrected chi connectivity index (χ3v) is 6.09. The molecular formula is C28H27NO6. The first kappa shape index (κ1) is 23.9. The molecule has 0 radical (unpaired) electrons. The SMILES string of the molecule is COc1cccc(C(O)=C2C(=O)C(=O)N(CCc3ccc(OC)c(OC)c3)C2c2ccccc2)c1. The van der Waals surface area contributed by atoms with Gasteiger partial charge < -0.3 is 24.2 Å². The normalized spacial score (nSPS) is 16.9. The minimum atomic E-state index is -0.720. The number of methoxy groups -OCH3 is 3. The van der Waals surface area contributed by atoms with Crippen molar-refractivity contribution in [2.24, 2.45) is 0 Å². The molecule has 3 aromatic carbocycles. The van der Waals surface area contributed by atoms with Gasteiger partial charge in [0.2, 0.25) is 0 Å². The molecule has 1 atom stereocenters. The van der Waals surface area contributed by atoms with E-state index in [0.717, 1.165) is 11.1 Å². The minimum absolute atomic E-state index is 0.0572. The van der Waals surface area contributed by atoms with Gasteiger partial charge in [0.25, 0.3) is 11.7 Å². The van der Waals surface area contributed by atoms with Crippen LogP contribution in [0.5, 0.6) is 17.2 Å². The summed E-state index contributed by atoms with van der Waals surface area (Å²) in [7, 11) is 4.66. The van der Waals surface area contributed by atoms with Gasteiger partial charge in [0.05, 0.1) is 32.9 Å². The summed E-state index contributed by atoms with van der Waals surface area (Å²) in [5, 5.41) is 11.2. The lowest BCUT2D eigenvalue weighted by Gasteiger charge is -2.25. The molecule has 4 rings (SSSR count). The van der Waals surface area contributed by atoms with Gasteiger partial charge in [0.15, 0.2) is 11.5 Å². The first-order valence-electron chi connectivity index (χ1n) is 11.2. The number of ketones is 1. The van der Waals surface area contributed by atoms with Crippen molar-refractivity contribution in [3.05, 3.63) is 95.1 Å². The van der Waals surface area contributed by atoms with E-state index in [-0.39, 0.29) is 17.9 Å². The Morgan fingerprint density at radius 2 is 1.60 bits per heavy atom. The molecule has 0 spiro atoms. The van der Waals surface area contributed by atoms with Crippen molar-refractivity contribution in [2.75, 3.05) is 27.9 Å². The number of carbonyl (C=O) groups excluding carboxylic acids is 2. The molecule has 0 bridgehead atoms. The molecule has 0 saturated carbocycles. The molecule has 35 heavy (non-hydrogen) atoms. The van der Waals surface area contributed by atoms with Gasteiger partial charge in [-0.1, -0.05) is 48.5 Å². The van der Waals surface area contributed by atoms with Crippen LogP contribution in [0, 0.1) is 0 Å². The summed E-state index contributed by atoms with van der Waals surface area (Å²) in [4.78, 5) is 27.9. The number of amides is 1. The van der Waals surface area contributed by atoms with E-state index < -0.39 is 17.7 Å². The Balaban J connectivity index is 1.73. The third-order valence-electron chi connectivity index (χ3n) is 6.09. The Kier molecular flexibility index (Phi) is 7.06. The molecular weight excluding hydrogens is 446 g/mol. The number of carbonyl (C=O) groups is 2. The van der Waals surface area contributed by atoms with Crippen LogP contribution < -0.4 is 14.2 Å². The van der Waals surface area contributed by atoms with Crippen molar-refractivity contribution in [1.29, 1.82) is 0 Å². The first-order chi connectivity index (χ1) is 17.0. The molecule has 1 heterocycles. The molecule has 1 amide bonds. The molecule has 0 aromatic heterocycles. The maximum Gasteiger partial charge on any atom is 0.295 e. The maximum absolute atomic E-state index is 13.2. The van der Waals surface area contributed by atoms with Crippen LogP contribution in [0.25, 0.3) is 5.76 Å². The lowest BCUT2D eigenvalue weighted by Crippen LogP contribution is -2.31. The molecule has 180 valence electrons. The van der Waals surface area contributed by atoms with Crippen molar-refractivity contribution >= 4 is 17.4 Å². The number of rotatable bonds is 8. The largest absolute Gasteiger partial charge is 0.507 e. The van der Waals surface area contributed by atoms with Crippen molar-refractivity contribution < 1.29 is 28.9 Å². The number of Topliss-reactive ketones (excluding diaryl/α,β-unsaturated/α-hetero) is 1. The molecule has 0 aliphatic carbocycles. The topological polar surface area (TPSA) is 85.3 Å². The molecule has 1 aliphatic rings. The van der Waals surface area contributed by atoms with Gasteiger partial charge in [-0.15, -0.1) is 0 Å². The standard InChI is InChI=1S/C28H27NO6/c1-33-21-11-7-10-20(17-21)26(30)24-25(19-8-5-4-6-9-19)29(28(32)27(24)31)15-14-18-12-13-22(34-2)23(16-18)35-3/h4-13,16-17,25,30H,14-15H2,1-3H3. The van der Waals surface area contributed by atoms with Crippen LogP contribution in [0.15, 0.2) is 78.4 Å². The van der Waals surface area contributed by atoms with E-state index in [1.165, 1.54) is 12.0 Å². The average Bonchev–Trinajstić information content (AvgIpc) is 3.16. The predicted molar refractivity (Wildman–Crippen MR) is 132 cm³/mol. The van der Waals surface area contributed by atoms with Crippen LogP contribution in [-0.2, 0) is 16.0 Å². The average molecular weight is 474 g/mol. The lowest BCUT2D eigenvalue weighted by atomic mass is 9.95. The van der Waals surface area contributed by atoms with Crippen LogP contribution >= 0.6 is 0 Å². The van der Waals surface area contributed by atoms with E-state index in [4.69, 9.17) is 14.2 Å². The number of likely N-dealkylation sites (tertiary alicyclic amines) is 1. The molecule has 1 saturated heterocycles. The molecule has 1 N–H and O–H groups in total. The zero-order chi connectivity index (χ0) is 24.9. The van der Waals surface area contributed by atoms with Crippen molar-refractivity contribution in [2.45, 2.75) is 12.5 Å². The van der Waals surface area contributed by atoms with Crippen LogP contribution in [0.1, 0.15) is 22.7 Å². The van der Waals surface area contributed by atoms with Gasteiger partial charge in [-0.2, -0.15) is 0 Å². The molecule has 1 unspecified atom stereocenters. The van der Waals surface area contributed by atoms with Crippen LogP contribution in [0.3, 0.4) is 0 Å².